The van der Waals surface area contributed by atoms with Crippen LogP contribution < -0.4 is 4.72 Å². The van der Waals surface area contributed by atoms with Crippen molar-refractivity contribution in [3.63, 3.8) is 0 Å². The van der Waals surface area contributed by atoms with E-state index in [4.69, 9.17) is 0 Å². The van der Waals surface area contributed by atoms with Gasteiger partial charge >= 0.3 is 0 Å². The van der Waals surface area contributed by atoms with E-state index >= 15 is 0 Å². The topological polar surface area (TPSA) is 144 Å². The molecular weight excluding hydrogens is 288 g/mol. The molecule has 0 spiro atoms. The summed E-state index contributed by atoms with van der Waals surface area (Å²) < 4.78 is 25.9. The van der Waals surface area contributed by atoms with Crippen LogP contribution in [-0.4, -0.2) is 34.0 Å². The summed E-state index contributed by atoms with van der Waals surface area (Å²) in [6.45, 7) is -0.0776. The first kappa shape index (κ1) is 14.0. The standard InChI is InChI=1S/C9H10N6O4S/c16-15(17)8-3-1-7(2-4-8)6-20(18,19)10-5-9-11-13-14-12-9/h1-4,10H,5-6H2,(H,11,12,13,14). The average molecular weight is 298 g/mol. The van der Waals surface area contributed by atoms with Gasteiger partial charge in [0.1, 0.15) is 0 Å². The minimum atomic E-state index is -3.59. The molecule has 0 atom stereocenters. The first-order valence-electron chi connectivity index (χ1n) is 5.39. The smallest absolute Gasteiger partial charge is 0.258 e. The molecule has 0 aliphatic carbocycles. The fourth-order valence-corrected chi connectivity index (χ4v) is 2.50. The molecule has 0 fully saturated rings. The number of tetrazole rings is 1. The maximum Gasteiger partial charge on any atom is 0.269 e. The molecule has 0 saturated heterocycles. The van der Waals surface area contributed by atoms with E-state index in [1.807, 2.05) is 0 Å². The van der Waals surface area contributed by atoms with Crippen LogP contribution in [0.25, 0.3) is 0 Å². The number of nitro benzene ring substituents is 1. The Morgan fingerprint density at radius 1 is 1.30 bits per heavy atom. The molecule has 11 heteroatoms. The molecule has 2 rings (SSSR count). The molecule has 2 aromatic rings. The van der Waals surface area contributed by atoms with Crippen molar-refractivity contribution in [3.05, 3.63) is 45.8 Å². The molecule has 1 heterocycles. The second kappa shape index (κ2) is 5.71. The SMILES string of the molecule is O=[N+]([O-])c1ccc(CS(=O)(=O)NCc2nn[nH]n2)cc1. The van der Waals surface area contributed by atoms with Crippen molar-refractivity contribution in [1.29, 1.82) is 0 Å². The third kappa shape index (κ3) is 3.80. The van der Waals surface area contributed by atoms with Crippen molar-refractivity contribution < 1.29 is 13.3 Å². The number of aromatic nitrogens is 4. The highest BCUT2D eigenvalue weighted by Gasteiger charge is 2.13. The highest BCUT2D eigenvalue weighted by Crippen LogP contribution is 2.13. The molecule has 1 aromatic carbocycles. The molecule has 1 aromatic heterocycles. The number of aromatic amines is 1. The fraction of sp³-hybridized carbons (Fsp3) is 0.222. The third-order valence-corrected chi connectivity index (χ3v) is 3.64. The second-order valence-corrected chi connectivity index (χ2v) is 5.64. The second-order valence-electron chi connectivity index (χ2n) is 3.83. The van der Waals surface area contributed by atoms with E-state index in [1.54, 1.807) is 0 Å². The Bertz CT molecular complexity index is 682. The van der Waals surface area contributed by atoms with Crippen molar-refractivity contribution in [1.82, 2.24) is 25.3 Å². The largest absolute Gasteiger partial charge is 0.269 e. The predicted octanol–water partition coefficient (Wildman–Crippen LogP) is -0.273. The number of hydrogen-bond donors (Lipinski definition) is 2. The molecule has 0 aliphatic rings. The summed E-state index contributed by atoms with van der Waals surface area (Å²) in [4.78, 5) is 9.93. The molecule has 2 N–H and O–H groups in total. The van der Waals surface area contributed by atoms with Gasteiger partial charge in [-0.15, -0.1) is 10.2 Å². The van der Waals surface area contributed by atoms with E-state index in [0.717, 1.165) is 0 Å². The van der Waals surface area contributed by atoms with Gasteiger partial charge < -0.3 is 0 Å². The van der Waals surface area contributed by atoms with E-state index < -0.39 is 14.9 Å². The lowest BCUT2D eigenvalue weighted by Crippen LogP contribution is -2.25. The lowest BCUT2D eigenvalue weighted by atomic mass is 10.2. The highest BCUT2D eigenvalue weighted by molar-refractivity contribution is 7.88. The van der Waals surface area contributed by atoms with E-state index in [1.165, 1.54) is 24.3 Å². The molecule has 0 saturated carbocycles. The monoisotopic (exact) mass is 298 g/mol. The van der Waals surface area contributed by atoms with E-state index in [0.29, 0.717) is 5.56 Å². The van der Waals surface area contributed by atoms with Crippen LogP contribution in [0.2, 0.25) is 0 Å². The summed E-state index contributed by atoms with van der Waals surface area (Å²) in [5, 5.41) is 23.2. The number of nitro groups is 1. The van der Waals surface area contributed by atoms with Gasteiger partial charge in [0.15, 0.2) is 5.82 Å². The maximum absolute atomic E-state index is 11.8. The Hall–Kier alpha value is -2.40. The number of nitrogens with one attached hydrogen (secondary N) is 2. The van der Waals surface area contributed by atoms with Crippen molar-refractivity contribution >= 4 is 15.7 Å². The van der Waals surface area contributed by atoms with Crippen molar-refractivity contribution in [2.24, 2.45) is 0 Å². The minimum absolute atomic E-state index is 0.0776. The van der Waals surface area contributed by atoms with Crippen LogP contribution in [0.5, 0.6) is 0 Å². The molecule has 0 radical (unpaired) electrons. The lowest BCUT2D eigenvalue weighted by Gasteiger charge is -2.04. The van der Waals surface area contributed by atoms with Crippen LogP contribution in [0, 0.1) is 10.1 Å². The normalized spacial score (nSPS) is 11.4. The molecular formula is C9H10N6O4S. The number of non-ortho nitro benzene ring substituents is 1. The van der Waals surface area contributed by atoms with Crippen LogP contribution in [-0.2, 0) is 22.3 Å². The zero-order valence-corrected chi connectivity index (χ0v) is 10.9. The van der Waals surface area contributed by atoms with Crippen LogP contribution in [0.1, 0.15) is 11.4 Å². The lowest BCUT2D eigenvalue weighted by molar-refractivity contribution is -0.384. The number of rotatable bonds is 6. The zero-order valence-electron chi connectivity index (χ0n) is 10.1. The van der Waals surface area contributed by atoms with Crippen molar-refractivity contribution in [3.8, 4) is 0 Å². The summed E-state index contributed by atoms with van der Waals surface area (Å²) >= 11 is 0. The first-order valence-corrected chi connectivity index (χ1v) is 7.04. The van der Waals surface area contributed by atoms with Gasteiger partial charge in [-0.2, -0.15) is 5.21 Å². The van der Waals surface area contributed by atoms with Gasteiger partial charge in [0.25, 0.3) is 5.69 Å². The molecule has 106 valence electrons. The number of H-pyrrole nitrogens is 1. The van der Waals surface area contributed by atoms with E-state index in [9.17, 15) is 18.5 Å². The fourth-order valence-electron chi connectivity index (χ4n) is 1.42. The first-order chi connectivity index (χ1) is 9.46. The van der Waals surface area contributed by atoms with Crippen LogP contribution in [0.15, 0.2) is 24.3 Å². The number of benzene rings is 1. The molecule has 0 unspecified atom stereocenters. The highest BCUT2D eigenvalue weighted by atomic mass is 32.2. The zero-order chi connectivity index (χ0) is 14.6. The van der Waals surface area contributed by atoms with Gasteiger partial charge in [0.05, 0.1) is 17.2 Å². The van der Waals surface area contributed by atoms with Gasteiger partial charge in [-0.1, -0.05) is 17.3 Å². The van der Waals surface area contributed by atoms with Gasteiger partial charge in [0.2, 0.25) is 10.0 Å². The van der Waals surface area contributed by atoms with Crippen LogP contribution in [0.4, 0.5) is 5.69 Å². The Balaban J connectivity index is 1.98. The Morgan fingerprint density at radius 3 is 2.55 bits per heavy atom. The quantitative estimate of drug-likeness (QED) is 0.551. The Morgan fingerprint density at radius 2 is 2.00 bits per heavy atom. The van der Waals surface area contributed by atoms with Crippen LogP contribution >= 0.6 is 0 Å². The Kier molecular flexibility index (Phi) is 4.00. The van der Waals surface area contributed by atoms with Crippen molar-refractivity contribution in [2.45, 2.75) is 12.3 Å². The summed E-state index contributed by atoms with van der Waals surface area (Å²) in [6, 6.07) is 5.30. The van der Waals surface area contributed by atoms with Gasteiger partial charge in [-0.3, -0.25) is 10.1 Å². The number of hydrogen-bond acceptors (Lipinski definition) is 7. The maximum atomic E-state index is 11.8. The van der Waals surface area contributed by atoms with Crippen LogP contribution in [0.3, 0.4) is 0 Å². The molecule has 0 bridgehead atoms. The molecule has 10 nitrogen and oxygen atoms in total. The van der Waals surface area contributed by atoms with Gasteiger partial charge in [-0.25, -0.2) is 13.1 Å². The summed E-state index contributed by atoms with van der Waals surface area (Å²) in [5.41, 5.74) is 0.349. The van der Waals surface area contributed by atoms with E-state index in [2.05, 4.69) is 25.3 Å². The minimum Gasteiger partial charge on any atom is -0.258 e. The third-order valence-electron chi connectivity index (χ3n) is 2.34. The summed E-state index contributed by atoms with van der Waals surface area (Å²) in [6.07, 6.45) is 0. The van der Waals surface area contributed by atoms with Crippen molar-refractivity contribution in [2.75, 3.05) is 0 Å². The predicted molar refractivity (Wildman–Crippen MR) is 66.7 cm³/mol. The molecule has 20 heavy (non-hydrogen) atoms. The summed E-state index contributed by atoms with van der Waals surface area (Å²) in [7, 11) is -3.59. The average Bonchev–Trinajstić information content (AvgIpc) is 2.90. The van der Waals surface area contributed by atoms with Gasteiger partial charge in [0, 0.05) is 12.1 Å². The molecule has 0 amide bonds. The molecule has 0 aliphatic heterocycles. The van der Waals surface area contributed by atoms with E-state index in [-0.39, 0.29) is 23.8 Å². The Labute approximate surface area is 113 Å². The summed E-state index contributed by atoms with van der Waals surface area (Å²) in [5.74, 6) is -0.0691. The number of nitrogens with zero attached hydrogens (tertiary/aromatic N) is 4. The number of sulfonamides is 1. The van der Waals surface area contributed by atoms with Gasteiger partial charge in [-0.05, 0) is 5.56 Å².